The average molecular weight is 344 g/mol. The first-order valence-corrected chi connectivity index (χ1v) is 8.75. The predicted molar refractivity (Wildman–Crippen MR) is 80.7 cm³/mol. The molecule has 0 aromatic carbocycles. The summed E-state index contributed by atoms with van der Waals surface area (Å²) in [5.74, 6) is 0. The van der Waals surface area contributed by atoms with Crippen LogP contribution in [-0.2, 0) is 28.0 Å². The second-order valence-corrected chi connectivity index (χ2v) is 7.01. The van der Waals surface area contributed by atoms with Crippen molar-refractivity contribution in [1.29, 1.82) is 0 Å². The molecule has 0 rings (SSSR count). The SMILES string of the molecule is CC(C)(C)COCCOCCOCCOCCOP(=O)(O)O. The van der Waals surface area contributed by atoms with Crippen LogP contribution in [0.5, 0.6) is 0 Å². The maximum Gasteiger partial charge on any atom is 0.469 e. The van der Waals surface area contributed by atoms with Gasteiger partial charge in [0.15, 0.2) is 0 Å². The molecule has 9 heteroatoms. The van der Waals surface area contributed by atoms with E-state index in [1.54, 1.807) is 0 Å². The third kappa shape index (κ3) is 19.9. The maximum atomic E-state index is 10.4. The van der Waals surface area contributed by atoms with E-state index in [2.05, 4.69) is 25.3 Å². The first-order valence-electron chi connectivity index (χ1n) is 7.22. The number of hydrogen-bond acceptors (Lipinski definition) is 6. The monoisotopic (exact) mass is 344 g/mol. The Morgan fingerprint density at radius 1 is 0.727 bits per heavy atom. The Morgan fingerprint density at radius 3 is 1.45 bits per heavy atom. The van der Waals surface area contributed by atoms with Gasteiger partial charge in [0.2, 0.25) is 0 Å². The van der Waals surface area contributed by atoms with Gasteiger partial charge in [-0.15, -0.1) is 0 Å². The van der Waals surface area contributed by atoms with Gasteiger partial charge in [-0.05, 0) is 5.41 Å². The van der Waals surface area contributed by atoms with Crippen LogP contribution in [0, 0.1) is 5.41 Å². The topological polar surface area (TPSA) is 104 Å². The summed E-state index contributed by atoms with van der Waals surface area (Å²) in [4.78, 5) is 16.8. The summed E-state index contributed by atoms with van der Waals surface area (Å²) in [6.45, 7) is 9.77. The van der Waals surface area contributed by atoms with Crippen molar-refractivity contribution in [3.63, 3.8) is 0 Å². The first kappa shape index (κ1) is 21.9. The van der Waals surface area contributed by atoms with Gasteiger partial charge in [0.25, 0.3) is 0 Å². The van der Waals surface area contributed by atoms with E-state index in [-0.39, 0.29) is 18.6 Å². The molecule has 22 heavy (non-hydrogen) atoms. The Labute approximate surface area is 132 Å². The fourth-order valence-corrected chi connectivity index (χ4v) is 1.57. The summed E-state index contributed by atoms with van der Waals surface area (Å²) < 4.78 is 35.7. The smallest absolute Gasteiger partial charge is 0.379 e. The van der Waals surface area contributed by atoms with E-state index < -0.39 is 7.82 Å². The lowest BCUT2D eigenvalue weighted by atomic mass is 9.99. The number of phosphoric ester groups is 1. The zero-order valence-corrected chi connectivity index (χ0v) is 14.5. The number of phosphoric acid groups is 1. The average Bonchev–Trinajstić information content (AvgIpc) is 2.36. The van der Waals surface area contributed by atoms with Crippen LogP contribution in [0.3, 0.4) is 0 Å². The molecule has 0 aromatic rings. The van der Waals surface area contributed by atoms with Crippen LogP contribution in [0.2, 0.25) is 0 Å². The van der Waals surface area contributed by atoms with E-state index in [1.165, 1.54) is 0 Å². The van der Waals surface area contributed by atoms with Crippen LogP contribution in [0.25, 0.3) is 0 Å². The molecule has 0 fully saturated rings. The molecule has 0 saturated heterocycles. The number of ether oxygens (including phenoxy) is 4. The van der Waals surface area contributed by atoms with Gasteiger partial charge in [0.05, 0.1) is 59.5 Å². The van der Waals surface area contributed by atoms with Gasteiger partial charge in [0, 0.05) is 0 Å². The molecule has 2 N–H and O–H groups in total. The molecule has 0 heterocycles. The zero-order valence-electron chi connectivity index (χ0n) is 13.7. The van der Waals surface area contributed by atoms with Crippen molar-refractivity contribution in [2.24, 2.45) is 5.41 Å². The molecule has 8 nitrogen and oxygen atoms in total. The van der Waals surface area contributed by atoms with Crippen molar-refractivity contribution in [2.75, 3.05) is 59.5 Å². The van der Waals surface area contributed by atoms with Crippen LogP contribution in [-0.4, -0.2) is 69.2 Å². The second-order valence-electron chi connectivity index (χ2n) is 5.77. The Kier molecular flexibility index (Phi) is 12.4. The van der Waals surface area contributed by atoms with E-state index >= 15 is 0 Å². The summed E-state index contributed by atoms with van der Waals surface area (Å²) in [6, 6.07) is 0. The quantitative estimate of drug-likeness (QED) is 0.358. The van der Waals surface area contributed by atoms with Gasteiger partial charge in [0.1, 0.15) is 0 Å². The summed E-state index contributed by atoms with van der Waals surface area (Å²) in [5.41, 5.74) is 0.166. The van der Waals surface area contributed by atoms with Crippen molar-refractivity contribution in [3.8, 4) is 0 Å². The minimum absolute atomic E-state index is 0.107. The highest BCUT2D eigenvalue weighted by Crippen LogP contribution is 2.35. The fraction of sp³-hybridized carbons (Fsp3) is 1.00. The standard InChI is InChI=1S/C13H29O8P/c1-13(2,3)12-20-9-8-18-5-4-17-6-7-19-10-11-21-22(14,15)16/h4-12H2,1-3H3,(H2,14,15,16). The molecular weight excluding hydrogens is 315 g/mol. The van der Waals surface area contributed by atoms with Gasteiger partial charge < -0.3 is 28.7 Å². The number of rotatable bonds is 14. The lowest BCUT2D eigenvalue weighted by Gasteiger charge is -2.17. The zero-order chi connectivity index (χ0) is 16.9. The lowest BCUT2D eigenvalue weighted by molar-refractivity contribution is -0.0132. The Bertz CT molecular complexity index is 299. The van der Waals surface area contributed by atoms with Crippen LogP contribution in [0.1, 0.15) is 20.8 Å². The van der Waals surface area contributed by atoms with E-state index in [4.69, 9.17) is 28.7 Å². The van der Waals surface area contributed by atoms with Gasteiger partial charge >= 0.3 is 7.82 Å². The van der Waals surface area contributed by atoms with Crippen LogP contribution < -0.4 is 0 Å². The van der Waals surface area contributed by atoms with Crippen molar-refractivity contribution in [2.45, 2.75) is 20.8 Å². The van der Waals surface area contributed by atoms with Gasteiger partial charge in [-0.3, -0.25) is 4.52 Å². The highest BCUT2D eigenvalue weighted by Gasteiger charge is 2.12. The minimum atomic E-state index is -4.40. The highest BCUT2D eigenvalue weighted by molar-refractivity contribution is 7.46. The summed E-state index contributed by atoms with van der Waals surface area (Å²) in [6.07, 6.45) is 0. The van der Waals surface area contributed by atoms with Crippen molar-refractivity contribution in [1.82, 2.24) is 0 Å². The summed E-state index contributed by atoms with van der Waals surface area (Å²) in [7, 11) is -4.40. The molecule has 0 bridgehead atoms. The largest absolute Gasteiger partial charge is 0.469 e. The molecule has 0 spiro atoms. The molecule has 0 aliphatic rings. The second kappa shape index (κ2) is 12.4. The molecule has 0 radical (unpaired) electrons. The normalized spacial score (nSPS) is 12.8. The van der Waals surface area contributed by atoms with E-state index in [0.29, 0.717) is 46.2 Å². The molecule has 0 saturated carbocycles. The molecule has 134 valence electrons. The highest BCUT2D eigenvalue weighted by atomic mass is 31.2. The van der Waals surface area contributed by atoms with E-state index in [9.17, 15) is 4.57 Å². The lowest BCUT2D eigenvalue weighted by Crippen LogP contribution is -2.17. The molecular formula is C13H29O8P. The van der Waals surface area contributed by atoms with Gasteiger partial charge in [-0.1, -0.05) is 20.8 Å². The molecule has 0 unspecified atom stereocenters. The summed E-state index contributed by atoms with van der Waals surface area (Å²) >= 11 is 0. The van der Waals surface area contributed by atoms with Crippen molar-refractivity contribution < 1.29 is 37.8 Å². The van der Waals surface area contributed by atoms with Gasteiger partial charge in [-0.2, -0.15) is 0 Å². The van der Waals surface area contributed by atoms with E-state index in [1.807, 2.05) is 0 Å². The minimum Gasteiger partial charge on any atom is -0.379 e. The van der Waals surface area contributed by atoms with Crippen LogP contribution >= 0.6 is 7.82 Å². The van der Waals surface area contributed by atoms with Crippen LogP contribution in [0.4, 0.5) is 0 Å². The Balaban J connectivity index is 3.10. The van der Waals surface area contributed by atoms with Crippen LogP contribution in [0.15, 0.2) is 0 Å². The maximum absolute atomic E-state index is 10.4. The molecule has 0 aromatic heterocycles. The predicted octanol–water partition coefficient (Wildman–Crippen LogP) is 1.21. The van der Waals surface area contributed by atoms with Crippen molar-refractivity contribution in [3.05, 3.63) is 0 Å². The molecule has 0 aliphatic carbocycles. The number of hydrogen-bond donors (Lipinski definition) is 2. The molecule has 0 amide bonds. The Hall–Kier alpha value is -0.0500. The van der Waals surface area contributed by atoms with Gasteiger partial charge in [-0.25, -0.2) is 4.57 Å². The summed E-state index contributed by atoms with van der Waals surface area (Å²) in [5, 5.41) is 0. The third-order valence-corrected chi connectivity index (χ3v) is 2.66. The van der Waals surface area contributed by atoms with Crippen molar-refractivity contribution >= 4 is 7.82 Å². The third-order valence-electron chi connectivity index (χ3n) is 2.14. The fourth-order valence-electron chi connectivity index (χ4n) is 1.25. The molecule has 0 atom stereocenters. The Morgan fingerprint density at radius 2 is 1.09 bits per heavy atom. The first-order chi connectivity index (χ1) is 10.2. The van der Waals surface area contributed by atoms with E-state index in [0.717, 1.165) is 0 Å². The molecule has 0 aliphatic heterocycles.